The monoisotopic (exact) mass is 571 g/mol. The van der Waals surface area contributed by atoms with Gasteiger partial charge in [0, 0.05) is 56.4 Å². The molecule has 41 heavy (non-hydrogen) atoms. The summed E-state index contributed by atoms with van der Waals surface area (Å²) < 4.78 is 17.1. The van der Waals surface area contributed by atoms with Crippen molar-refractivity contribution in [1.82, 2.24) is 9.80 Å². The van der Waals surface area contributed by atoms with Crippen LogP contribution in [0.2, 0.25) is 0 Å². The molecule has 3 aliphatic rings. The first-order chi connectivity index (χ1) is 19.1. The molecule has 0 radical (unpaired) electrons. The number of hydrogen-bond acceptors (Lipinski definition) is 6. The number of benzene rings is 1. The van der Waals surface area contributed by atoms with Crippen LogP contribution in [0.15, 0.2) is 12.1 Å². The fourth-order valence-electron chi connectivity index (χ4n) is 6.41. The van der Waals surface area contributed by atoms with Crippen molar-refractivity contribution in [2.45, 2.75) is 111 Å². The Morgan fingerprint density at radius 3 is 2.54 bits per heavy atom. The molecule has 2 atom stereocenters. The third-order valence-corrected chi connectivity index (χ3v) is 8.48. The lowest BCUT2D eigenvalue weighted by molar-refractivity contribution is -0.132. The summed E-state index contributed by atoms with van der Waals surface area (Å²) in [5.41, 5.74) is 0.469. The van der Waals surface area contributed by atoms with Crippen LogP contribution in [0.4, 0.5) is 10.5 Å². The molecule has 0 N–H and O–H groups in total. The predicted octanol–water partition coefficient (Wildman–Crippen LogP) is 5.43. The molecule has 1 aromatic carbocycles. The number of hydrogen-bond donors (Lipinski definition) is 0. The molecule has 1 saturated heterocycles. The van der Waals surface area contributed by atoms with Gasteiger partial charge in [0.05, 0.1) is 5.69 Å². The van der Waals surface area contributed by atoms with Gasteiger partial charge in [-0.25, -0.2) is 4.79 Å². The van der Waals surface area contributed by atoms with Gasteiger partial charge in [-0.3, -0.25) is 9.59 Å². The number of aryl methyl sites for hydroxylation is 1. The fourth-order valence-corrected chi connectivity index (χ4v) is 6.41. The van der Waals surface area contributed by atoms with E-state index in [4.69, 9.17) is 14.2 Å². The maximum absolute atomic E-state index is 14.4. The third-order valence-electron chi connectivity index (χ3n) is 8.48. The van der Waals surface area contributed by atoms with Crippen molar-refractivity contribution in [2.75, 3.05) is 38.3 Å². The zero-order valence-electron chi connectivity index (χ0n) is 26.5. The van der Waals surface area contributed by atoms with E-state index in [2.05, 4.69) is 13.8 Å². The van der Waals surface area contributed by atoms with Gasteiger partial charge in [0.15, 0.2) is 5.60 Å². The first-order valence-corrected chi connectivity index (χ1v) is 15.1. The summed E-state index contributed by atoms with van der Waals surface area (Å²) in [6, 6.07) is 3.80. The maximum Gasteiger partial charge on any atom is 0.410 e. The van der Waals surface area contributed by atoms with Crippen LogP contribution in [0.3, 0.4) is 0 Å². The van der Waals surface area contributed by atoms with Crippen molar-refractivity contribution >= 4 is 23.6 Å². The van der Waals surface area contributed by atoms with Crippen molar-refractivity contribution in [2.24, 2.45) is 5.41 Å². The zero-order valence-corrected chi connectivity index (χ0v) is 26.5. The van der Waals surface area contributed by atoms with Gasteiger partial charge in [0.25, 0.3) is 11.8 Å². The molecule has 1 aliphatic carbocycles. The first-order valence-electron chi connectivity index (χ1n) is 15.1. The molecular weight excluding hydrogens is 522 g/mol. The number of anilines is 1. The average Bonchev–Trinajstić information content (AvgIpc) is 3.55. The lowest BCUT2D eigenvalue weighted by Gasteiger charge is -2.40. The van der Waals surface area contributed by atoms with E-state index in [1.54, 1.807) is 25.9 Å². The number of carbonyl (C=O) groups is 3. The quantitative estimate of drug-likeness (QED) is 0.387. The third kappa shape index (κ3) is 6.35. The zero-order chi connectivity index (χ0) is 30.3. The Balaban J connectivity index is 1.64. The Hall–Kier alpha value is -2.81. The molecule has 1 unspecified atom stereocenters. The fraction of sp³-hybridized carbons (Fsp3) is 0.719. The Morgan fingerprint density at radius 1 is 1.22 bits per heavy atom. The molecule has 1 aromatic rings. The number of likely N-dealkylation sites (tertiary alicyclic amines) is 1. The van der Waals surface area contributed by atoms with E-state index in [1.165, 1.54) is 0 Å². The molecule has 9 heteroatoms. The molecule has 3 amide bonds. The minimum Gasteiger partial charge on any atom is -0.476 e. The van der Waals surface area contributed by atoms with E-state index < -0.39 is 11.2 Å². The molecule has 2 fully saturated rings. The van der Waals surface area contributed by atoms with Gasteiger partial charge < -0.3 is 28.9 Å². The summed E-state index contributed by atoms with van der Waals surface area (Å²) in [6.07, 6.45) is 3.77. The van der Waals surface area contributed by atoms with Crippen LogP contribution < -0.4 is 9.64 Å². The Bertz CT molecular complexity index is 1170. The highest BCUT2D eigenvalue weighted by atomic mass is 16.6. The predicted molar refractivity (Wildman–Crippen MR) is 159 cm³/mol. The number of piperidine rings is 1. The van der Waals surface area contributed by atoms with Gasteiger partial charge in [-0.2, -0.15) is 0 Å². The Morgan fingerprint density at radius 2 is 1.93 bits per heavy atom. The van der Waals surface area contributed by atoms with E-state index in [9.17, 15) is 14.4 Å². The lowest BCUT2D eigenvalue weighted by atomic mass is 9.93. The molecule has 228 valence electrons. The summed E-state index contributed by atoms with van der Waals surface area (Å²) in [4.78, 5) is 46.2. The molecule has 2 aliphatic heterocycles. The van der Waals surface area contributed by atoms with Crippen LogP contribution in [0, 0.1) is 5.41 Å². The van der Waals surface area contributed by atoms with Crippen LogP contribution in [-0.2, 0) is 20.7 Å². The van der Waals surface area contributed by atoms with Gasteiger partial charge in [0.1, 0.15) is 11.4 Å². The number of amides is 3. The highest BCUT2D eigenvalue weighted by Crippen LogP contribution is 2.56. The van der Waals surface area contributed by atoms with E-state index >= 15 is 0 Å². The maximum atomic E-state index is 14.4. The highest BCUT2D eigenvalue weighted by Gasteiger charge is 2.60. The second kappa shape index (κ2) is 11.5. The first kappa shape index (κ1) is 31.1. The molecule has 4 rings (SSSR count). The molecule has 1 saturated carbocycles. The largest absolute Gasteiger partial charge is 0.476 e. The van der Waals surface area contributed by atoms with Crippen LogP contribution >= 0.6 is 0 Å². The van der Waals surface area contributed by atoms with Gasteiger partial charge in [-0.15, -0.1) is 0 Å². The van der Waals surface area contributed by atoms with Gasteiger partial charge >= 0.3 is 6.09 Å². The Kier molecular flexibility index (Phi) is 8.70. The van der Waals surface area contributed by atoms with Gasteiger partial charge in [0.2, 0.25) is 0 Å². The number of rotatable bonds is 8. The molecule has 9 nitrogen and oxygen atoms in total. The van der Waals surface area contributed by atoms with Crippen LogP contribution in [0.5, 0.6) is 5.75 Å². The number of fused-ring (bicyclic) bond motifs is 1. The summed E-state index contributed by atoms with van der Waals surface area (Å²) in [7, 11) is 1.65. The second-order valence-corrected chi connectivity index (χ2v) is 13.6. The minimum absolute atomic E-state index is 0.0286. The normalized spacial score (nSPS) is 23.4. The summed E-state index contributed by atoms with van der Waals surface area (Å²) in [6.45, 7) is 17.6. The molecular formula is C32H49N3O6. The minimum atomic E-state index is -0.998. The smallest absolute Gasteiger partial charge is 0.410 e. The van der Waals surface area contributed by atoms with E-state index in [0.29, 0.717) is 56.1 Å². The van der Waals surface area contributed by atoms with Crippen molar-refractivity contribution in [3.05, 3.63) is 23.3 Å². The number of nitrogens with zero attached hydrogens (tertiary/aromatic N) is 3. The lowest BCUT2D eigenvalue weighted by Crippen LogP contribution is -2.53. The summed E-state index contributed by atoms with van der Waals surface area (Å²) in [5.74, 6) is 0.458. The summed E-state index contributed by atoms with van der Waals surface area (Å²) in [5, 5.41) is 0. The average molecular weight is 572 g/mol. The Labute approximate surface area is 245 Å². The topological polar surface area (TPSA) is 88.6 Å². The molecule has 0 aromatic heterocycles. The molecule has 2 heterocycles. The molecule has 0 bridgehead atoms. The standard InChI is InChI=1S/C32H49N3O6/c1-10-22-17-25-24(34(15-12-16-39-9)28(37)31(7,8)40-25)18-23(22)27(36)35(21(2)3)26-19-32(26)13-11-14-33(20-32)29(38)41-30(4,5)6/h17-18,21,26H,10-16,19-20H2,1-9H3/t26?,32-/m1/s1. The van der Waals surface area contributed by atoms with Crippen molar-refractivity contribution < 1.29 is 28.6 Å². The van der Waals surface area contributed by atoms with Gasteiger partial charge in [-0.05, 0) is 98.3 Å². The highest BCUT2D eigenvalue weighted by molar-refractivity contribution is 6.05. The number of carbonyl (C=O) groups excluding carboxylic acids is 3. The van der Waals surface area contributed by atoms with Gasteiger partial charge in [-0.1, -0.05) is 6.92 Å². The van der Waals surface area contributed by atoms with Crippen molar-refractivity contribution in [3.8, 4) is 5.75 Å². The van der Waals surface area contributed by atoms with Crippen molar-refractivity contribution in [3.63, 3.8) is 0 Å². The second-order valence-electron chi connectivity index (χ2n) is 13.6. The summed E-state index contributed by atoms with van der Waals surface area (Å²) >= 11 is 0. The number of methoxy groups -OCH3 is 1. The SMILES string of the molecule is CCc1cc2c(cc1C(=O)N(C(C)C)C1C[C@@]13CCCN(C(=O)OC(C)(C)C)C3)N(CCCOC)C(=O)C(C)(C)O2. The van der Waals surface area contributed by atoms with E-state index in [0.717, 1.165) is 24.8 Å². The van der Waals surface area contributed by atoms with Crippen LogP contribution in [0.1, 0.15) is 97.0 Å². The van der Waals surface area contributed by atoms with Crippen molar-refractivity contribution in [1.29, 1.82) is 0 Å². The van der Waals surface area contributed by atoms with E-state index in [1.807, 2.05) is 49.6 Å². The molecule has 1 spiro atoms. The van der Waals surface area contributed by atoms with Crippen LogP contribution in [-0.4, -0.2) is 84.3 Å². The van der Waals surface area contributed by atoms with E-state index in [-0.39, 0.29) is 35.4 Å². The number of ether oxygens (including phenoxy) is 3. The van der Waals surface area contributed by atoms with Crippen LogP contribution in [0.25, 0.3) is 0 Å².